The van der Waals surface area contributed by atoms with Crippen molar-refractivity contribution in [1.29, 1.82) is 0 Å². The first-order valence-corrected chi connectivity index (χ1v) is 9.35. The molecule has 0 atom stereocenters. The second-order valence-corrected chi connectivity index (χ2v) is 6.42. The van der Waals surface area contributed by atoms with E-state index in [1.807, 2.05) is 54.6 Å². The Balaban J connectivity index is 0.00000113. The van der Waals surface area contributed by atoms with Crippen LogP contribution >= 0.6 is 11.6 Å². The number of rotatable bonds is 6. The van der Waals surface area contributed by atoms with Gasteiger partial charge in [0, 0.05) is 19.2 Å². The number of azo groups is 1. The van der Waals surface area contributed by atoms with E-state index < -0.39 is 0 Å². The molecule has 0 aromatic heterocycles. The molecule has 31 heavy (non-hydrogen) atoms. The third-order valence-corrected chi connectivity index (χ3v) is 4.08. The van der Waals surface area contributed by atoms with Crippen LogP contribution in [0.15, 0.2) is 83.0 Å². The number of anilines is 2. The number of nitrogens with one attached hydrogen (secondary N) is 2. The Hall–Kier alpha value is -3.71. The molecule has 0 radical (unpaired) electrons. The molecule has 0 aliphatic rings. The summed E-state index contributed by atoms with van der Waals surface area (Å²) in [5.74, 6) is -0.176. The monoisotopic (exact) mass is 440 g/mol. The van der Waals surface area contributed by atoms with Gasteiger partial charge in [0.1, 0.15) is 11.4 Å². The van der Waals surface area contributed by atoms with Crippen molar-refractivity contribution < 1.29 is 14.7 Å². The van der Waals surface area contributed by atoms with Gasteiger partial charge in [-0.2, -0.15) is 0 Å². The zero-order valence-corrected chi connectivity index (χ0v) is 17.0. The van der Waals surface area contributed by atoms with Crippen molar-refractivity contribution in [3.63, 3.8) is 0 Å². The molecule has 0 fully saturated rings. The minimum absolute atomic E-state index is 0. The summed E-state index contributed by atoms with van der Waals surface area (Å²) >= 11 is 6.11. The van der Waals surface area contributed by atoms with Crippen LogP contribution < -0.4 is 10.6 Å². The van der Waals surface area contributed by atoms with Crippen LogP contribution in [-0.4, -0.2) is 17.5 Å². The zero-order valence-electron chi connectivity index (χ0n) is 16.2. The predicted octanol–water partition coefficient (Wildman–Crippen LogP) is 6.66. The van der Waals surface area contributed by atoms with Crippen LogP contribution in [0.3, 0.4) is 0 Å². The number of amides is 1. The Morgan fingerprint density at radius 3 is 2.26 bits per heavy atom. The standard InChI is InChI=1S/C21H19ClN4O.CH2O2.CH4/c1-15(27)24-21-13-17(23-14-16-7-3-2-4-8-16)11-12-20(21)26-25-19-10-6-5-9-18(19)22;2-1-3;/h2-13,23H,14H2,1H3,(H,24,27);1H,(H,2,3);1H4. The number of benzene rings is 3. The molecule has 0 spiro atoms. The topological polar surface area (TPSA) is 103 Å². The maximum Gasteiger partial charge on any atom is 0.290 e. The van der Waals surface area contributed by atoms with Crippen molar-refractivity contribution >= 4 is 46.7 Å². The molecule has 3 rings (SSSR count). The lowest BCUT2D eigenvalue weighted by Crippen LogP contribution is -2.07. The molecule has 0 aliphatic heterocycles. The molecule has 0 bridgehead atoms. The van der Waals surface area contributed by atoms with Gasteiger partial charge in [-0.05, 0) is 35.9 Å². The van der Waals surface area contributed by atoms with Gasteiger partial charge >= 0.3 is 0 Å². The van der Waals surface area contributed by atoms with Crippen LogP contribution in [0.5, 0.6) is 0 Å². The summed E-state index contributed by atoms with van der Waals surface area (Å²) < 4.78 is 0. The van der Waals surface area contributed by atoms with Crippen molar-refractivity contribution in [2.45, 2.75) is 20.9 Å². The third-order valence-electron chi connectivity index (χ3n) is 3.76. The number of hydrogen-bond donors (Lipinski definition) is 3. The fraction of sp³-hybridized carbons (Fsp3) is 0.130. The maximum atomic E-state index is 11.6. The number of carbonyl (C=O) groups is 2. The molecule has 3 aromatic carbocycles. The maximum absolute atomic E-state index is 11.6. The molecule has 0 aliphatic carbocycles. The smallest absolute Gasteiger partial charge is 0.290 e. The van der Waals surface area contributed by atoms with Crippen LogP contribution in [-0.2, 0) is 16.1 Å². The van der Waals surface area contributed by atoms with Gasteiger partial charge in [-0.25, -0.2) is 0 Å². The summed E-state index contributed by atoms with van der Waals surface area (Å²) in [4.78, 5) is 19.9. The minimum atomic E-state index is -0.250. The molecule has 0 heterocycles. The van der Waals surface area contributed by atoms with E-state index in [0.717, 1.165) is 5.69 Å². The average Bonchev–Trinajstić information content (AvgIpc) is 2.73. The Bertz CT molecular complexity index is 1010. The highest BCUT2D eigenvalue weighted by Crippen LogP contribution is 2.32. The molecule has 0 saturated carbocycles. The molecule has 1 amide bonds. The first-order chi connectivity index (χ1) is 14.5. The fourth-order valence-corrected chi connectivity index (χ4v) is 2.64. The number of nitrogens with zero attached hydrogens (tertiary/aromatic N) is 2. The van der Waals surface area contributed by atoms with Crippen molar-refractivity contribution in [1.82, 2.24) is 0 Å². The summed E-state index contributed by atoms with van der Waals surface area (Å²) in [6.07, 6.45) is 0. The molecule has 7 nitrogen and oxygen atoms in total. The Labute approximate surface area is 186 Å². The van der Waals surface area contributed by atoms with Gasteiger partial charge < -0.3 is 15.7 Å². The molecule has 0 unspecified atom stereocenters. The summed E-state index contributed by atoms with van der Waals surface area (Å²) in [5.41, 5.74) is 3.74. The highest BCUT2D eigenvalue weighted by molar-refractivity contribution is 6.32. The normalized spacial score (nSPS) is 9.74. The molecule has 162 valence electrons. The molecule has 8 heteroatoms. The molecule has 3 N–H and O–H groups in total. The first kappa shape index (κ1) is 25.3. The van der Waals surface area contributed by atoms with E-state index in [1.54, 1.807) is 18.2 Å². The summed E-state index contributed by atoms with van der Waals surface area (Å²) in [6, 6.07) is 22.8. The number of halogens is 1. The molecular weight excluding hydrogens is 416 g/mol. The highest BCUT2D eigenvalue weighted by atomic mass is 35.5. The van der Waals surface area contributed by atoms with Gasteiger partial charge in [0.25, 0.3) is 6.47 Å². The average molecular weight is 441 g/mol. The first-order valence-electron chi connectivity index (χ1n) is 8.97. The van der Waals surface area contributed by atoms with E-state index in [1.165, 1.54) is 12.5 Å². The van der Waals surface area contributed by atoms with E-state index in [9.17, 15) is 4.79 Å². The van der Waals surface area contributed by atoms with Gasteiger partial charge in [0.15, 0.2) is 0 Å². The van der Waals surface area contributed by atoms with E-state index in [4.69, 9.17) is 21.5 Å². The second kappa shape index (κ2) is 13.5. The lowest BCUT2D eigenvalue weighted by Gasteiger charge is -2.11. The second-order valence-electron chi connectivity index (χ2n) is 6.01. The summed E-state index contributed by atoms with van der Waals surface area (Å²) in [5, 5.41) is 22.0. The van der Waals surface area contributed by atoms with Gasteiger partial charge in [-0.1, -0.05) is 61.5 Å². The minimum Gasteiger partial charge on any atom is -0.483 e. The van der Waals surface area contributed by atoms with Crippen LogP contribution in [0, 0.1) is 0 Å². The van der Waals surface area contributed by atoms with Crippen LogP contribution in [0.25, 0.3) is 0 Å². The van der Waals surface area contributed by atoms with Crippen LogP contribution in [0.2, 0.25) is 5.02 Å². The van der Waals surface area contributed by atoms with Crippen LogP contribution in [0.4, 0.5) is 22.7 Å². The highest BCUT2D eigenvalue weighted by Gasteiger charge is 2.06. The van der Waals surface area contributed by atoms with Gasteiger partial charge in [0.05, 0.1) is 10.7 Å². The lowest BCUT2D eigenvalue weighted by atomic mass is 10.2. The van der Waals surface area contributed by atoms with Crippen molar-refractivity contribution in [2.75, 3.05) is 10.6 Å². The molecular formula is C23H25ClN4O3. The van der Waals surface area contributed by atoms with E-state index in [0.29, 0.717) is 28.6 Å². The van der Waals surface area contributed by atoms with Crippen molar-refractivity contribution in [3.8, 4) is 0 Å². The zero-order chi connectivity index (χ0) is 21.8. The van der Waals surface area contributed by atoms with Crippen molar-refractivity contribution in [2.24, 2.45) is 10.2 Å². The third kappa shape index (κ3) is 8.67. The van der Waals surface area contributed by atoms with Crippen molar-refractivity contribution in [3.05, 3.63) is 83.4 Å². The Morgan fingerprint density at radius 1 is 1.00 bits per heavy atom. The lowest BCUT2D eigenvalue weighted by molar-refractivity contribution is -0.123. The number of carbonyl (C=O) groups excluding carboxylic acids is 1. The van der Waals surface area contributed by atoms with Gasteiger partial charge in [-0.15, -0.1) is 10.2 Å². The summed E-state index contributed by atoms with van der Waals surface area (Å²) in [7, 11) is 0. The Kier molecular flexibility index (Phi) is 11.0. The number of hydrogen-bond acceptors (Lipinski definition) is 5. The Morgan fingerprint density at radius 2 is 1.61 bits per heavy atom. The van der Waals surface area contributed by atoms with E-state index >= 15 is 0 Å². The largest absolute Gasteiger partial charge is 0.483 e. The quantitative estimate of drug-likeness (QED) is 0.294. The molecule has 0 saturated heterocycles. The SMILES string of the molecule is C.CC(=O)Nc1cc(NCc2ccccc2)ccc1N=Nc1ccccc1Cl.O=CO. The van der Waals surface area contributed by atoms with Gasteiger partial charge in [-0.3, -0.25) is 9.59 Å². The van der Waals surface area contributed by atoms with E-state index in [-0.39, 0.29) is 19.8 Å². The fourth-order valence-electron chi connectivity index (χ4n) is 2.46. The molecule has 3 aromatic rings. The van der Waals surface area contributed by atoms with E-state index in [2.05, 4.69) is 20.9 Å². The summed E-state index contributed by atoms with van der Waals surface area (Å²) in [6.45, 7) is 1.89. The van der Waals surface area contributed by atoms with Crippen LogP contribution in [0.1, 0.15) is 19.9 Å². The van der Waals surface area contributed by atoms with Gasteiger partial charge in [0.2, 0.25) is 5.91 Å². The number of carboxylic acid groups (broad SMARTS) is 1. The predicted molar refractivity (Wildman–Crippen MR) is 126 cm³/mol.